The summed E-state index contributed by atoms with van der Waals surface area (Å²) in [5, 5.41) is 0. The highest BCUT2D eigenvalue weighted by Gasteiger charge is 2.19. The predicted octanol–water partition coefficient (Wildman–Crippen LogP) is 15.6. The second-order valence-electron chi connectivity index (χ2n) is 14.9. The summed E-state index contributed by atoms with van der Waals surface area (Å²) in [5.41, 5.74) is 0. The fourth-order valence-electron chi connectivity index (χ4n) is 5.51. The van der Waals surface area contributed by atoms with Gasteiger partial charge < -0.3 is 14.2 Å². The van der Waals surface area contributed by atoms with Crippen LogP contribution < -0.4 is 0 Å². The molecule has 6 heteroatoms. The van der Waals surface area contributed by atoms with E-state index in [1.807, 2.05) is 134 Å². The van der Waals surface area contributed by atoms with Gasteiger partial charge in [0.25, 0.3) is 0 Å². The molecular weight excluding hydrogens is 781 g/mol. The summed E-state index contributed by atoms with van der Waals surface area (Å²) in [6.07, 6.45) is 73.5. The van der Waals surface area contributed by atoms with Gasteiger partial charge >= 0.3 is 17.9 Å². The van der Waals surface area contributed by atoms with Crippen LogP contribution in [0.2, 0.25) is 0 Å². The molecule has 0 saturated heterocycles. The molecule has 0 aliphatic heterocycles. The van der Waals surface area contributed by atoms with Crippen molar-refractivity contribution in [3.63, 3.8) is 0 Å². The van der Waals surface area contributed by atoms with E-state index >= 15 is 0 Å². The summed E-state index contributed by atoms with van der Waals surface area (Å²) >= 11 is 0. The minimum Gasteiger partial charge on any atom is -0.462 e. The van der Waals surface area contributed by atoms with E-state index in [2.05, 4.69) is 57.2 Å². The third-order valence-corrected chi connectivity index (χ3v) is 9.02. The number of allylic oxidation sites excluding steroid dienone is 28. The highest BCUT2D eigenvalue weighted by molar-refractivity contribution is 5.71. The molecule has 0 N–H and O–H groups in total. The van der Waals surface area contributed by atoms with Crippen molar-refractivity contribution in [3.8, 4) is 0 Å². The predicted molar refractivity (Wildman–Crippen MR) is 269 cm³/mol. The van der Waals surface area contributed by atoms with Crippen LogP contribution in [0.3, 0.4) is 0 Å². The zero-order chi connectivity index (χ0) is 45.8. The minimum atomic E-state index is -0.865. The summed E-state index contributed by atoms with van der Waals surface area (Å²) in [4.78, 5) is 37.8. The molecule has 0 aliphatic rings. The minimum absolute atomic E-state index is 0.157. The first-order chi connectivity index (χ1) is 31.0. The molecule has 6 nitrogen and oxygen atoms in total. The Morgan fingerprint density at radius 2 is 0.730 bits per heavy atom. The molecule has 0 aliphatic carbocycles. The lowest BCUT2D eigenvalue weighted by molar-refractivity contribution is -0.166. The molecule has 0 amide bonds. The number of carbonyl (C=O) groups is 3. The second kappa shape index (κ2) is 49.4. The first-order valence-corrected chi connectivity index (χ1v) is 23.8. The molecule has 0 aromatic carbocycles. The Hall–Kier alpha value is -5.23. The van der Waals surface area contributed by atoms with Crippen LogP contribution in [0.5, 0.6) is 0 Å². The van der Waals surface area contributed by atoms with Gasteiger partial charge in [0.2, 0.25) is 0 Å². The number of esters is 3. The quantitative estimate of drug-likeness (QED) is 0.0201. The van der Waals surface area contributed by atoms with Crippen molar-refractivity contribution >= 4 is 17.9 Å². The van der Waals surface area contributed by atoms with Gasteiger partial charge in [-0.3, -0.25) is 14.4 Å². The first kappa shape index (κ1) is 57.8. The second-order valence-corrected chi connectivity index (χ2v) is 14.9. The van der Waals surface area contributed by atoms with Gasteiger partial charge in [-0.1, -0.05) is 229 Å². The lowest BCUT2D eigenvalue weighted by Gasteiger charge is -2.18. The fraction of sp³-hybridized carbons (Fsp3) is 0.456. The van der Waals surface area contributed by atoms with Gasteiger partial charge in [-0.25, -0.2) is 0 Å². The normalized spacial score (nSPS) is 13.6. The molecule has 0 fully saturated rings. The number of hydrogen-bond donors (Lipinski definition) is 0. The van der Waals surface area contributed by atoms with Crippen molar-refractivity contribution in [2.75, 3.05) is 13.2 Å². The molecule has 1 unspecified atom stereocenters. The number of carbonyl (C=O) groups excluding carboxylic acids is 3. The van der Waals surface area contributed by atoms with Crippen molar-refractivity contribution in [3.05, 3.63) is 170 Å². The summed E-state index contributed by atoms with van der Waals surface area (Å²) < 4.78 is 16.6. The smallest absolute Gasteiger partial charge is 0.306 e. The van der Waals surface area contributed by atoms with E-state index in [1.165, 1.54) is 38.5 Å². The van der Waals surface area contributed by atoms with Crippen molar-refractivity contribution in [1.29, 1.82) is 0 Å². The number of hydrogen-bond acceptors (Lipinski definition) is 6. The van der Waals surface area contributed by atoms with Crippen LogP contribution in [0, 0.1) is 0 Å². The Morgan fingerprint density at radius 1 is 0.349 bits per heavy atom. The lowest BCUT2D eigenvalue weighted by Crippen LogP contribution is -2.30. The molecule has 0 rings (SSSR count). The summed E-state index contributed by atoms with van der Waals surface area (Å²) in [7, 11) is 0. The van der Waals surface area contributed by atoms with Gasteiger partial charge in [0, 0.05) is 19.3 Å². The Kier molecular flexibility index (Phi) is 45.3. The Balaban J connectivity index is 4.69. The van der Waals surface area contributed by atoms with Crippen LogP contribution >= 0.6 is 0 Å². The van der Waals surface area contributed by atoms with Crippen LogP contribution in [0.4, 0.5) is 0 Å². The molecule has 346 valence electrons. The van der Waals surface area contributed by atoms with Crippen molar-refractivity contribution in [2.24, 2.45) is 0 Å². The van der Waals surface area contributed by atoms with Crippen molar-refractivity contribution < 1.29 is 28.6 Å². The summed E-state index contributed by atoms with van der Waals surface area (Å²) in [6.45, 7) is 6.13. The van der Waals surface area contributed by atoms with E-state index in [9.17, 15) is 14.4 Å². The molecular formula is C57H82O6. The van der Waals surface area contributed by atoms with E-state index in [-0.39, 0.29) is 44.4 Å². The van der Waals surface area contributed by atoms with Gasteiger partial charge in [0.15, 0.2) is 6.10 Å². The van der Waals surface area contributed by atoms with E-state index < -0.39 is 12.1 Å². The zero-order valence-electron chi connectivity index (χ0n) is 39.2. The average Bonchev–Trinajstić information content (AvgIpc) is 3.28. The highest BCUT2D eigenvalue weighted by atomic mass is 16.6. The lowest BCUT2D eigenvalue weighted by atomic mass is 10.1. The molecule has 0 bridgehead atoms. The number of unbranched alkanes of at least 4 members (excludes halogenated alkanes) is 10. The van der Waals surface area contributed by atoms with Gasteiger partial charge in [-0.15, -0.1) is 0 Å². The third kappa shape index (κ3) is 47.7. The molecule has 0 aromatic rings. The Labute approximate surface area is 383 Å². The number of rotatable bonds is 39. The van der Waals surface area contributed by atoms with Crippen LogP contribution in [0.1, 0.15) is 149 Å². The molecule has 63 heavy (non-hydrogen) atoms. The van der Waals surface area contributed by atoms with Gasteiger partial charge in [0.05, 0.1) is 0 Å². The van der Waals surface area contributed by atoms with E-state index in [0.717, 1.165) is 44.9 Å². The van der Waals surface area contributed by atoms with Gasteiger partial charge in [-0.05, 0) is 70.6 Å². The summed E-state index contributed by atoms with van der Waals surface area (Å²) in [6, 6.07) is 0. The maximum atomic E-state index is 12.7. The van der Waals surface area contributed by atoms with Crippen LogP contribution in [0.25, 0.3) is 0 Å². The molecule has 0 radical (unpaired) electrons. The molecule has 0 spiro atoms. The highest BCUT2D eigenvalue weighted by Crippen LogP contribution is 2.10. The first-order valence-electron chi connectivity index (χ1n) is 23.8. The summed E-state index contributed by atoms with van der Waals surface area (Å²) in [5.74, 6) is -1.16. The van der Waals surface area contributed by atoms with E-state index in [4.69, 9.17) is 14.2 Å². The SMILES string of the molecule is CC\C=C/C=C\C=C/C=C\C=C/CCCC(=O)OC(COC(=O)CC/C=C\C/C=C\CCCCCCCC)COC(=O)CCCCC\C=C/C=C\C=C\C=C/C=C\C=C/C=C\CC. The monoisotopic (exact) mass is 863 g/mol. The standard InChI is InChI=1S/C57H82O6/c1-4-7-10-13-16-19-22-25-26-27-28-29-30-33-35-38-41-44-47-50-56(59)62-53-54(63-57(60)51-48-45-42-39-36-32-24-21-18-15-12-9-6-3)52-61-55(58)49-46-43-40-37-34-31-23-20-17-14-11-8-5-2/h7,9-10,12-13,15-16,18-19,21-22,24-36,39-40,42-43,54H,4-6,8,11,14,17,20,23,37-38,41,44-53H2,1-3H3/b10-7-,12-9-,16-13-,18-15-,22-19-,24-21-,26-25-,28-27+,30-29-,34-31-,35-33-,36-32-,42-39-,43-40-. The Bertz CT molecular complexity index is 1550. The maximum absolute atomic E-state index is 12.7. The fourth-order valence-corrected chi connectivity index (χ4v) is 5.51. The van der Waals surface area contributed by atoms with Gasteiger partial charge in [0.1, 0.15) is 13.2 Å². The van der Waals surface area contributed by atoms with Crippen LogP contribution in [-0.2, 0) is 28.6 Å². The topological polar surface area (TPSA) is 78.9 Å². The third-order valence-electron chi connectivity index (χ3n) is 9.02. The zero-order valence-corrected chi connectivity index (χ0v) is 39.2. The largest absolute Gasteiger partial charge is 0.462 e. The Morgan fingerprint density at radius 3 is 1.24 bits per heavy atom. The van der Waals surface area contributed by atoms with Crippen LogP contribution in [-0.4, -0.2) is 37.2 Å². The van der Waals surface area contributed by atoms with E-state index in [1.54, 1.807) is 0 Å². The van der Waals surface area contributed by atoms with Gasteiger partial charge in [-0.2, -0.15) is 0 Å². The van der Waals surface area contributed by atoms with E-state index in [0.29, 0.717) is 25.7 Å². The molecule has 0 saturated carbocycles. The van der Waals surface area contributed by atoms with Crippen LogP contribution in [0.15, 0.2) is 170 Å². The molecule has 1 atom stereocenters. The average molecular weight is 863 g/mol. The van der Waals surface area contributed by atoms with Crippen molar-refractivity contribution in [1.82, 2.24) is 0 Å². The molecule has 0 aromatic heterocycles. The number of ether oxygens (including phenoxy) is 3. The van der Waals surface area contributed by atoms with Crippen molar-refractivity contribution in [2.45, 2.75) is 155 Å². The molecule has 0 heterocycles. The maximum Gasteiger partial charge on any atom is 0.306 e.